The number of benzene rings is 1. The number of fused-ring (bicyclic) bond motifs is 1. The van der Waals surface area contributed by atoms with E-state index in [-0.39, 0.29) is 17.0 Å². The van der Waals surface area contributed by atoms with Crippen LogP contribution < -0.4 is 10.2 Å². The maximum absolute atomic E-state index is 12.5. The molecule has 142 valence electrons. The third-order valence-corrected chi connectivity index (χ3v) is 5.10. The smallest absolute Gasteiger partial charge is 0.267 e. The summed E-state index contributed by atoms with van der Waals surface area (Å²) in [4.78, 5) is 38.3. The van der Waals surface area contributed by atoms with Gasteiger partial charge < -0.3 is 5.32 Å². The number of carbonyl (C=O) groups is 3. The molecule has 4 rings (SSSR count). The minimum atomic E-state index is -0.437. The Labute approximate surface area is 162 Å². The van der Waals surface area contributed by atoms with Gasteiger partial charge in [0.1, 0.15) is 0 Å². The number of amides is 3. The molecule has 1 aliphatic carbocycles. The van der Waals surface area contributed by atoms with Crippen LogP contribution in [0.1, 0.15) is 63.2 Å². The lowest BCUT2D eigenvalue weighted by Crippen LogP contribution is -2.29. The van der Waals surface area contributed by atoms with E-state index in [9.17, 15) is 14.4 Å². The third kappa shape index (κ3) is 3.43. The van der Waals surface area contributed by atoms with Crippen molar-refractivity contribution >= 4 is 23.4 Å². The highest BCUT2D eigenvalue weighted by molar-refractivity contribution is 6.34. The number of rotatable bonds is 5. The van der Waals surface area contributed by atoms with Gasteiger partial charge in [0, 0.05) is 12.1 Å². The third-order valence-electron chi connectivity index (χ3n) is 5.10. The maximum Gasteiger partial charge on any atom is 0.267 e. The van der Waals surface area contributed by atoms with Crippen molar-refractivity contribution < 1.29 is 14.4 Å². The van der Waals surface area contributed by atoms with Crippen LogP contribution in [0.4, 0.5) is 5.69 Å². The lowest BCUT2D eigenvalue weighted by Gasteiger charge is -2.15. The summed E-state index contributed by atoms with van der Waals surface area (Å²) >= 11 is 0. The first-order valence-electron chi connectivity index (χ1n) is 9.41. The molecule has 1 aliphatic heterocycles. The van der Waals surface area contributed by atoms with E-state index in [1.165, 1.54) is 30.8 Å². The van der Waals surface area contributed by atoms with Gasteiger partial charge in [0.05, 0.1) is 29.2 Å². The van der Waals surface area contributed by atoms with Crippen LogP contribution in [0.5, 0.6) is 0 Å². The molecule has 7 heteroatoms. The van der Waals surface area contributed by atoms with E-state index >= 15 is 0 Å². The minimum Gasteiger partial charge on any atom is -0.352 e. The van der Waals surface area contributed by atoms with Crippen LogP contribution in [0.25, 0.3) is 0 Å². The molecule has 3 amide bonds. The number of nitrogens with zero attached hydrogens (tertiary/aromatic N) is 3. The van der Waals surface area contributed by atoms with Crippen LogP contribution in [-0.4, -0.2) is 34.5 Å². The summed E-state index contributed by atoms with van der Waals surface area (Å²) in [5, 5.41) is 10.2. The van der Waals surface area contributed by atoms with Crippen molar-refractivity contribution in [1.29, 1.82) is 0 Å². The van der Waals surface area contributed by atoms with Crippen molar-refractivity contribution in [1.82, 2.24) is 15.5 Å². The average Bonchev–Trinajstić information content (AvgIpc) is 2.99. The van der Waals surface area contributed by atoms with Gasteiger partial charge in [-0.3, -0.25) is 14.4 Å². The Balaban J connectivity index is 1.40. The number of imide groups is 1. The van der Waals surface area contributed by atoms with Gasteiger partial charge >= 0.3 is 0 Å². The molecule has 0 radical (unpaired) electrons. The number of nitrogens with one attached hydrogen (secondary N) is 1. The van der Waals surface area contributed by atoms with Crippen LogP contribution in [0.2, 0.25) is 0 Å². The van der Waals surface area contributed by atoms with E-state index in [0.717, 1.165) is 24.2 Å². The van der Waals surface area contributed by atoms with Crippen molar-refractivity contribution in [2.24, 2.45) is 0 Å². The Bertz CT molecular complexity index is 931. The fourth-order valence-corrected chi connectivity index (χ4v) is 3.56. The van der Waals surface area contributed by atoms with Crippen LogP contribution in [0.15, 0.2) is 48.3 Å². The molecule has 0 saturated heterocycles. The number of hydrogen-bond donors (Lipinski definition) is 1. The van der Waals surface area contributed by atoms with Crippen LogP contribution in [0, 0.1) is 0 Å². The van der Waals surface area contributed by atoms with E-state index in [0.29, 0.717) is 17.8 Å². The van der Waals surface area contributed by atoms with E-state index < -0.39 is 11.8 Å². The molecule has 0 bridgehead atoms. The molecule has 0 fully saturated rings. The molecule has 0 unspecified atom stereocenters. The first kappa shape index (κ1) is 18.0. The molecule has 2 aromatic rings. The summed E-state index contributed by atoms with van der Waals surface area (Å²) in [5.74, 6) is -1.04. The van der Waals surface area contributed by atoms with Crippen molar-refractivity contribution in [3.63, 3.8) is 0 Å². The van der Waals surface area contributed by atoms with Gasteiger partial charge in [-0.05, 0) is 56.4 Å². The van der Waals surface area contributed by atoms with E-state index in [1.807, 2.05) is 0 Å². The van der Waals surface area contributed by atoms with Gasteiger partial charge in [-0.15, -0.1) is 0 Å². The number of hydrogen-bond acceptors (Lipinski definition) is 5. The average molecular weight is 376 g/mol. The molecule has 7 nitrogen and oxygen atoms in total. The first-order chi connectivity index (χ1) is 13.6. The molecule has 1 aromatic heterocycles. The van der Waals surface area contributed by atoms with Crippen LogP contribution in [0.3, 0.4) is 0 Å². The second-order valence-corrected chi connectivity index (χ2v) is 6.92. The number of allylic oxidation sites excluding steroid dienone is 1. The summed E-state index contributed by atoms with van der Waals surface area (Å²) < 4.78 is 0. The number of anilines is 1. The second-order valence-electron chi connectivity index (χ2n) is 6.92. The Morgan fingerprint density at radius 2 is 1.68 bits per heavy atom. The molecule has 0 saturated carbocycles. The number of carbonyl (C=O) groups excluding carboxylic acids is 3. The maximum atomic E-state index is 12.5. The van der Waals surface area contributed by atoms with Crippen molar-refractivity contribution in [3.8, 4) is 0 Å². The summed E-state index contributed by atoms with van der Waals surface area (Å²) in [5.41, 5.74) is 2.78. The normalized spacial score (nSPS) is 16.0. The molecule has 1 N–H and O–H groups in total. The summed E-state index contributed by atoms with van der Waals surface area (Å²) in [6.45, 7) is 0.602. The summed E-state index contributed by atoms with van der Waals surface area (Å²) in [7, 11) is 0. The Kier molecular flexibility index (Phi) is 4.97. The molecule has 0 spiro atoms. The topological polar surface area (TPSA) is 92.3 Å². The Morgan fingerprint density at radius 1 is 1.00 bits per heavy atom. The highest BCUT2D eigenvalue weighted by atomic mass is 16.2. The largest absolute Gasteiger partial charge is 0.352 e. The van der Waals surface area contributed by atoms with Crippen LogP contribution in [-0.2, 0) is 0 Å². The van der Waals surface area contributed by atoms with Gasteiger partial charge in [0.25, 0.3) is 17.7 Å². The SMILES string of the molecule is O=C(NCCC1=CCCCC1)c1ccc(N2C(=O)c3cnncc3C2=O)cc1. The molecular formula is C21H20N4O3. The minimum absolute atomic E-state index is 0.168. The van der Waals surface area contributed by atoms with Gasteiger partial charge in [0.2, 0.25) is 0 Å². The predicted octanol–water partition coefficient (Wildman–Crippen LogP) is 2.90. The van der Waals surface area contributed by atoms with E-state index in [2.05, 4.69) is 21.6 Å². The fraction of sp³-hybridized carbons (Fsp3) is 0.286. The lowest BCUT2D eigenvalue weighted by molar-refractivity contribution is 0.0923. The molecule has 0 atom stereocenters. The van der Waals surface area contributed by atoms with Gasteiger partial charge in [-0.2, -0.15) is 10.2 Å². The predicted molar refractivity (Wildman–Crippen MR) is 103 cm³/mol. The molecule has 1 aromatic carbocycles. The quantitative estimate of drug-likeness (QED) is 0.640. The zero-order valence-electron chi connectivity index (χ0n) is 15.4. The summed E-state index contributed by atoms with van der Waals surface area (Å²) in [6, 6.07) is 6.43. The fourth-order valence-electron chi connectivity index (χ4n) is 3.56. The van der Waals surface area contributed by atoms with Crippen molar-refractivity contribution in [2.75, 3.05) is 11.4 Å². The Hall–Kier alpha value is -3.35. The first-order valence-corrected chi connectivity index (χ1v) is 9.41. The van der Waals surface area contributed by atoms with Crippen molar-refractivity contribution in [2.45, 2.75) is 32.1 Å². The van der Waals surface area contributed by atoms with Crippen molar-refractivity contribution in [3.05, 3.63) is 65.0 Å². The molecular weight excluding hydrogens is 356 g/mol. The van der Waals surface area contributed by atoms with Crippen LogP contribution >= 0.6 is 0 Å². The monoisotopic (exact) mass is 376 g/mol. The molecule has 28 heavy (non-hydrogen) atoms. The van der Waals surface area contributed by atoms with E-state index in [1.54, 1.807) is 24.3 Å². The van der Waals surface area contributed by atoms with E-state index in [4.69, 9.17) is 0 Å². The molecule has 2 heterocycles. The van der Waals surface area contributed by atoms with Gasteiger partial charge in [-0.25, -0.2) is 4.90 Å². The highest BCUT2D eigenvalue weighted by Gasteiger charge is 2.37. The highest BCUT2D eigenvalue weighted by Crippen LogP contribution is 2.27. The molecule has 2 aliphatic rings. The standard InChI is InChI=1S/C21H20N4O3/c26-19(22-11-10-14-4-2-1-3-5-14)15-6-8-16(9-7-15)25-20(27)17-12-23-24-13-18(17)21(25)28/h4,6-9,12-13H,1-3,5,10-11H2,(H,22,26). The summed E-state index contributed by atoms with van der Waals surface area (Å²) in [6.07, 6.45) is 10.5. The second kappa shape index (κ2) is 7.72. The van der Waals surface area contributed by atoms with Gasteiger partial charge in [-0.1, -0.05) is 11.6 Å². The Morgan fingerprint density at radius 3 is 2.29 bits per heavy atom. The zero-order valence-corrected chi connectivity index (χ0v) is 15.4. The number of aromatic nitrogens is 2. The zero-order chi connectivity index (χ0) is 19.5. The lowest BCUT2D eigenvalue weighted by atomic mass is 9.97. The van der Waals surface area contributed by atoms with Gasteiger partial charge in [0.15, 0.2) is 0 Å².